The maximum absolute atomic E-state index is 13.8. The van der Waals surface area contributed by atoms with E-state index in [1.165, 1.54) is 18.2 Å². The first kappa shape index (κ1) is 17.0. The van der Waals surface area contributed by atoms with Gasteiger partial charge in [0.15, 0.2) is 17.5 Å². The molecule has 1 amide bonds. The van der Waals surface area contributed by atoms with Crippen LogP contribution < -0.4 is 5.32 Å². The zero-order valence-corrected chi connectivity index (χ0v) is 13.4. The Morgan fingerprint density at radius 3 is 2.48 bits per heavy atom. The molecule has 3 nitrogen and oxygen atoms in total. The molecular formula is C18H14F4N2O. The fraction of sp³-hybridized carbons (Fsp3) is 0.167. The zero-order chi connectivity index (χ0) is 18.4. The molecule has 0 saturated heterocycles. The minimum atomic E-state index is -1.65. The summed E-state index contributed by atoms with van der Waals surface area (Å²) in [4.78, 5) is 15.5. The SMILES string of the molecule is CC(C)(C(=O)Nc1ccc(F)c(F)c1F)c1c[nH]c2cc(F)ccc12. The molecular weight excluding hydrogens is 336 g/mol. The third kappa shape index (κ3) is 2.86. The minimum Gasteiger partial charge on any atom is -0.361 e. The lowest BCUT2D eigenvalue weighted by Gasteiger charge is -2.23. The average molecular weight is 350 g/mol. The highest BCUT2D eigenvalue weighted by Crippen LogP contribution is 2.32. The van der Waals surface area contributed by atoms with Crippen LogP contribution in [0, 0.1) is 23.3 Å². The van der Waals surface area contributed by atoms with Gasteiger partial charge in [0, 0.05) is 17.1 Å². The van der Waals surface area contributed by atoms with Crippen molar-refractivity contribution in [2.45, 2.75) is 19.3 Å². The first-order valence-corrected chi connectivity index (χ1v) is 7.44. The number of halogens is 4. The second-order valence-electron chi connectivity index (χ2n) is 6.19. The van der Waals surface area contributed by atoms with Crippen LogP contribution in [0.4, 0.5) is 23.2 Å². The van der Waals surface area contributed by atoms with Gasteiger partial charge in [-0.25, -0.2) is 17.6 Å². The van der Waals surface area contributed by atoms with Gasteiger partial charge in [-0.15, -0.1) is 0 Å². The van der Waals surface area contributed by atoms with Crippen molar-refractivity contribution in [3.8, 4) is 0 Å². The first-order chi connectivity index (χ1) is 11.7. The Hall–Kier alpha value is -2.83. The molecule has 3 rings (SSSR count). The highest BCUT2D eigenvalue weighted by atomic mass is 19.2. The summed E-state index contributed by atoms with van der Waals surface area (Å²) in [6.07, 6.45) is 1.56. The van der Waals surface area contributed by atoms with Crippen LogP contribution in [0.2, 0.25) is 0 Å². The molecule has 0 aliphatic heterocycles. The van der Waals surface area contributed by atoms with Crippen molar-refractivity contribution >= 4 is 22.5 Å². The Balaban J connectivity index is 1.96. The van der Waals surface area contributed by atoms with Gasteiger partial charge in [-0.2, -0.15) is 0 Å². The molecule has 1 aromatic heterocycles. The molecule has 7 heteroatoms. The summed E-state index contributed by atoms with van der Waals surface area (Å²) in [5.41, 5.74) is -0.534. The fourth-order valence-corrected chi connectivity index (χ4v) is 2.64. The van der Waals surface area contributed by atoms with Crippen LogP contribution in [-0.2, 0) is 10.2 Å². The predicted octanol–water partition coefficient (Wildman–Crippen LogP) is 4.64. The Morgan fingerprint density at radius 2 is 1.76 bits per heavy atom. The summed E-state index contributed by atoms with van der Waals surface area (Å²) >= 11 is 0. The molecule has 0 saturated carbocycles. The molecule has 0 unspecified atom stereocenters. The smallest absolute Gasteiger partial charge is 0.234 e. The van der Waals surface area contributed by atoms with Crippen molar-refractivity contribution < 1.29 is 22.4 Å². The monoisotopic (exact) mass is 350 g/mol. The Kier molecular flexibility index (Phi) is 4.02. The Labute approximate surface area is 140 Å². The highest BCUT2D eigenvalue weighted by Gasteiger charge is 2.33. The van der Waals surface area contributed by atoms with Gasteiger partial charge < -0.3 is 10.3 Å². The van der Waals surface area contributed by atoms with Gasteiger partial charge >= 0.3 is 0 Å². The van der Waals surface area contributed by atoms with Crippen LogP contribution in [0.1, 0.15) is 19.4 Å². The van der Waals surface area contributed by atoms with Crippen LogP contribution in [-0.4, -0.2) is 10.9 Å². The van der Waals surface area contributed by atoms with Gasteiger partial charge in [0.25, 0.3) is 0 Å². The Bertz CT molecular complexity index is 979. The summed E-state index contributed by atoms with van der Waals surface area (Å²) in [5.74, 6) is -5.51. The van der Waals surface area contributed by atoms with Gasteiger partial charge in [0.1, 0.15) is 5.82 Å². The van der Waals surface area contributed by atoms with E-state index in [9.17, 15) is 22.4 Å². The number of H-pyrrole nitrogens is 1. The average Bonchev–Trinajstić information content (AvgIpc) is 2.98. The number of aromatic amines is 1. The van der Waals surface area contributed by atoms with E-state index in [1.54, 1.807) is 20.0 Å². The molecule has 0 bridgehead atoms. The van der Waals surface area contributed by atoms with E-state index in [-0.39, 0.29) is 0 Å². The van der Waals surface area contributed by atoms with Gasteiger partial charge in [-0.3, -0.25) is 4.79 Å². The summed E-state index contributed by atoms with van der Waals surface area (Å²) in [5, 5.41) is 2.91. The van der Waals surface area contributed by atoms with Gasteiger partial charge in [-0.05, 0) is 49.7 Å². The summed E-state index contributed by atoms with van der Waals surface area (Å²) in [7, 11) is 0. The second kappa shape index (κ2) is 5.91. The number of amides is 1. The lowest BCUT2D eigenvalue weighted by atomic mass is 9.83. The van der Waals surface area contributed by atoms with E-state index < -0.39 is 40.3 Å². The third-order valence-corrected chi connectivity index (χ3v) is 4.17. The molecule has 2 aromatic carbocycles. The number of carbonyl (C=O) groups excluding carboxylic acids is 1. The van der Waals surface area contributed by atoms with Crippen molar-refractivity contribution in [2.24, 2.45) is 0 Å². The number of aromatic nitrogens is 1. The molecule has 0 spiro atoms. The highest BCUT2D eigenvalue weighted by molar-refractivity contribution is 6.01. The molecule has 3 aromatic rings. The molecule has 130 valence electrons. The number of anilines is 1. The normalized spacial score (nSPS) is 11.8. The number of nitrogens with one attached hydrogen (secondary N) is 2. The molecule has 0 aliphatic carbocycles. The summed E-state index contributed by atoms with van der Waals surface area (Å²) in [6.45, 7) is 3.18. The van der Waals surface area contributed by atoms with Crippen LogP contribution in [0.25, 0.3) is 10.9 Å². The number of benzene rings is 2. The molecule has 0 aliphatic rings. The standard InChI is InChI=1S/C18H14F4N2O/c1-18(2,11-8-23-14-7-9(19)3-4-10(11)14)17(25)24-13-6-5-12(20)15(21)16(13)22/h3-8,23H,1-2H3,(H,24,25). The predicted molar refractivity (Wildman–Crippen MR) is 86.2 cm³/mol. The number of fused-ring (bicyclic) bond motifs is 1. The molecule has 0 fully saturated rings. The van der Waals surface area contributed by atoms with E-state index >= 15 is 0 Å². The molecule has 0 atom stereocenters. The van der Waals surface area contributed by atoms with Crippen molar-refractivity contribution in [1.29, 1.82) is 0 Å². The van der Waals surface area contributed by atoms with Crippen LogP contribution in [0.3, 0.4) is 0 Å². The van der Waals surface area contributed by atoms with Crippen LogP contribution in [0.5, 0.6) is 0 Å². The van der Waals surface area contributed by atoms with Gasteiger partial charge in [0.2, 0.25) is 5.91 Å². The van der Waals surface area contributed by atoms with Crippen molar-refractivity contribution in [1.82, 2.24) is 4.98 Å². The molecule has 1 heterocycles. The van der Waals surface area contributed by atoms with E-state index in [0.29, 0.717) is 16.5 Å². The van der Waals surface area contributed by atoms with E-state index in [4.69, 9.17) is 0 Å². The molecule has 0 radical (unpaired) electrons. The maximum Gasteiger partial charge on any atom is 0.234 e. The minimum absolute atomic E-state index is 0.424. The van der Waals surface area contributed by atoms with Gasteiger partial charge in [-0.1, -0.05) is 0 Å². The summed E-state index contributed by atoms with van der Waals surface area (Å²) in [6, 6.07) is 5.77. The summed E-state index contributed by atoms with van der Waals surface area (Å²) < 4.78 is 53.4. The number of hydrogen-bond donors (Lipinski definition) is 2. The topological polar surface area (TPSA) is 44.9 Å². The largest absolute Gasteiger partial charge is 0.361 e. The van der Waals surface area contributed by atoms with E-state index in [2.05, 4.69) is 10.3 Å². The number of rotatable bonds is 3. The lowest BCUT2D eigenvalue weighted by molar-refractivity contribution is -0.120. The fourth-order valence-electron chi connectivity index (χ4n) is 2.64. The lowest BCUT2D eigenvalue weighted by Crippen LogP contribution is -2.35. The second-order valence-corrected chi connectivity index (χ2v) is 6.19. The first-order valence-electron chi connectivity index (χ1n) is 7.44. The van der Waals surface area contributed by atoms with Gasteiger partial charge in [0.05, 0.1) is 11.1 Å². The molecule has 25 heavy (non-hydrogen) atoms. The van der Waals surface area contributed by atoms with Crippen molar-refractivity contribution in [2.75, 3.05) is 5.32 Å². The number of hydrogen-bond acceptors (Lipinski definition) is 1. The van der Waals surface area contributed by atoms with Crippen LogP contribution >= 0.6 is 0 Å². The van der Waals surface area contributed by atoms with Crippen molar-refractivity contribution in [3.63, 3.8) is 0 Å². The molecule has 2 N–H and O–H groups in total. The maximum atomic E-state index is 13.8. The van der Waals surface area contributed by atoms with Crippen molar-refractivity contribution in [3.05, 3.63) is 65.4 Å². The van der Waals surface area contributed by atoms with E-state index in [1.807, 2.05) is 0 Å². The third-order valence-electron chi connectivity index (χ3n) is 4.17. The quantitative estimate of drug-likeness (QED) is 0.525. The zero-order valence-electron chi connectivity index (χ0n) is 13.4. The number of carbonyl (C=O) groups is 1. The van der Waals surface area contributed by atoms with Crippen LogP contribution in [0.15, 0.2) is 36.5 Å². The Morgan fingerprint density at radius 1 is 1.04 bits per heavy atom. The van der Waals surface area contributed by atoms with E-state index in [0.717, 1.165) is 12.1 Å².